The van der Waals surface area contributed by atoms with E-state index in [1.54, 1.807) is 0 Å². The Morgan fingerprint density at radius 1 is 1.45 bits per heavy atom. The molecule has 0 unspecified atom stereocenters. The molecule has 0 bridgehead atoms. The van der Waals surface area contributed by atoms with Gasteiger partial charge in [-0.05, 0) is 24.2 Å². The third kappa shape index (κ3) is 1.82. The van der Waals surface area contributed by atoms with Crippen molar-refractivity contribution in [3.8, 4) is 0 Å². The van der Waals surface area contributed by atoms with Gasteiger partial charge in [-0.3, -0.25) is 4.79 Å². The second-order valence-electron chi connectivity index (χ2n) is 4.38. The van der Waals surface area contributed by atoms with Gasteiger partial charge in [-0.1, -0.05) is 20.8 Å². The summed E-state index contributed by atoms with van der Waals surface area (Å²) in [5.74, 6) is 1.11. The Hall–Kier alpha value is -0.330. The molecule has 1 fully saturated rings. The van der Waals surface area contributed by atoms with Crippen LogP contribution in [0.2, 0.25) is 0 Å². The van der Waals surface area contributed by atoms with Gasteiger partial charge in [0, 0.05) is 12.8 Å². The summed E-state index contributed by atoms with van der Waals surface area (Å²) in [5.41, 5.74) is 0.301. The summed E-state index contributed by atoms with van der Waals surface area (Å²) in [4.78, 5) is 11.2. The van der Waals surface area contributed by atoms with Crippen LogP contribution >= 0.6 is 0 Å². The van der Waals surface area contributed by atoms with Crippen molar-refractivity contribution in [2.45, 2.75) is 46.5 Å². The van der Waals surface area contributed by atoms with E-state index in [1.807, 2.05) is 0 Å². The van der Waals surface area contributed by atoms with Gasteiger partial charge in [0.2, 0.25) is 0 Å². The molecule has 0 aromatic carbocycles. The van der Waals surface area contributed by atoms with E-state index in [-0.39, 0.29) is 0 Å². The minimum atomic E-state index is 0.301. The molecule has 1 heteroatoms. The summed E-state index contributed by atoms with van der Waals surface area (Å²) in [6.07, 6.45) is 3.97. The third-order valence-corrected chi connectivity index (χ3v) is 3.20. The minimum Gasteiger partial charge on any atom is -0.300 e. The average Bonchev–Trinajstić information content (AvgIpc) is 1.86. The summed E-state index contributed by atoms with van der Waals surface area (Å²) >= 11 is 0. The Bertz CT molecular complexity index is 160. The molecule has 1 rings (SSSR count). The molecule has 0 saturated heterocycles. The first kappa shape index (κ1) is 8.76. The number of Topliss-reactive ketones (excluding diaryl/α,β-unsaturated/α-hetero) is 1. The standard InChI is InChI=1S/C10H18O/c1-8(2)10(3)6-4-5-9(11)7-10/h8H,4-7H2,1-3H3/t10-/m0/s1. The lowest BCUT2D eigenvalue weighted by atomic mass is 9.68. The highest BCUT2D eigenvalue weighted by atomic mass is 16.1. The van der Waals surface area contributed by atoms with Crippen LogP contribution in [0.15, 0.2) is 0 Å². The summed E-state index contributed by atoms with van der Waals surface area (Å²) in [5, 5.41) is 0. The van der Waals surface area contributed by atoms with Gasteiger partial charge < -0.3 is 0 Å². The van der Waals surface area contributed by atoms with Gasteiger partial charge in [-0.15, -0.1) is 0 Å². The maximum absolute atomic E-state index is 11.2. The summed E-state index contributed by atoms with van der Waals surface area (Å²) in [6.45, 7) is 6.69. The van der Waals surface area contributed by atoms with E-state index in [2.05, 4.69) is 20.8 Å². The van der Waals surface area contributed by atoms with Crippen molar-refractivity contribution in [1.82, 2.24) is 0 Å². The maximum atomic E-state index is 11.2. The molecule has 0 amide bonds. The molecule has 1 saturated carbocycles. The van der Waals surface area contributed by atoms with E-state index in [9.17, 15) is 4.79 Å². The van der Waals surface area contributed by atoms with Crippen LogP contribution in [0.1, 0.15) is 46.5 Å². The Kier molecular flexibility index (Phi) is 2.36. The first-order chi connectivity index (χ1) is 5.04. The summed E-state index contributed by atoms with van der Waals surface area (Å²) in [7, 11) is 0. The number of carbonyl (C=O) groups excluding carboxylic acids is 1. The second kappa shape index (κ2) is 2.96. The lowest BCUT2D eigenvalue weighted by molar-refractivity contribution is -0.124. The van der Waals surface area contributed by atoms with Gasteiger partial charge in [0.1, 0.15) is 5.78 Å². The highest BCUT2D eigenvalue weighted by Crippen LogP contribution is 2.40. The molecule has 1 aliphatic rings. The van der Waals surface area contributed by atoms with Crippen molar-refractivity contribution in [2.24, 2.45) is 11.3 Å². The zero-order valence-corrected chi connectivity index (χ0v) is 7.81. The predicted octanol–water partition coefficient (Wildman–Crippen LogP) is 2.79. The van der Waals surface area contributed by atoms with Gasteiger partial charge in [-0.25, -0.2) is 0 Å². The predicted molar refractivity (Wildman–Crippen MR) is 46.4 cm³/mol. The fourth-order valence-corrected chi connectivity index (χ4v) is 1.81. The second-order valence-corrected chi connectivity index (χ2v) is 4.38. The van der Waals surface area contributed by atoms with E-state index in [0.717, 1.165) is 19.3 Å². The van der Waals surface area contributed by atoms with Crippen molar-refractivity contribution in [3.05, 3.63) is 0 Å². The van der Waals surface area contributed by atoms with Crippen LogP contribution in [-0.4, -0.2) is 5.78 Å². The van der Waals surface area contributed by atoms with Crippen molar-refractivity contribution >= 4 is 5.78 Å². The van der Waals surface area contributed by atoms with E-state index in [0.29, 0.717) is 17.1 Å². The average molecular weight is 154 g/mol. The molecular formula is C10H18O. The van der Waals surface area contributed by atoms with Gasteiger partial charge in [-0.2, -0.15) is 0 Å². The molecular weight excluding hydrogens is 136 g/mol. The Morgan fingerprint density at radius 2 is 2.09 bits per heavy atom. The minimum absolute atomic E-state index is 0.301. The van der Waals surface area contributed by atoms with Crippen LogP contribution in [-0.2, 0) is 4.79 Å². The fraction of sp³-hybridized carbons (Fsp3) is 0.900. The van der Waals surface area contributed by atoms with E-state index < -0.39 is 0 Å². The quantitative estimate of drug-likeness (QED) is 0.567. The summed E-state index contributed by atoms with van der Waals surface area (Å²) < 4.78 is 0. The van der Waals surface area contributed by atoms with Crippen molar-refractivity contribution in [2.75, 3.05) is 0 Å². The van der Waals surface area contributed by atoms with Crippen LogP contribution in [0.25, 0.3) is 0 Å². The number of carbonyl (C=O) groups is 1. The molecule has 0 aliphatic heterocycles. The molecule has 1 atom stereocenters. The zero-order valence-electron chi connectivity index (χ0n) is 7.81. The molecule has 1 aliphatic carbocycles. The summed E-state index contributed by atoms with van der Waals surface area (Å²) in [6, 6.07) is 0. The topological polar surface area (TPSA) is 17.1 Å². The van der Waals surface area contributed by atoms with E-state index in [4.69, 9.17) is 0 Å². The number of hydrogen-bond acceptors (Lipinski definition) is 1. The van der Waals surface area contributed by atoms with Crippen LogP contribution in [0.5, 0.6) is 0 Å². The normalized spacial score (nSPS) is 32.9. The van der Waals surface area contributed by atoms with Crippen molar-refractivity contribution < 1.29 is 4.79 Å². The molecule has 0 aromatic rings. The van der Waals surface area contributed by atoms with E-state index in [1.165, 1.54) is 6.42 Å². The Balaban J connectivity index is 2.62. The lowest BCUT2D eigenvalue weighted by Crippen LogP contribution is -2.30. The molecule has 0 radical (unpaired) electrons. The maximum Gasteiger partial charge on any atom is 0.133 e. The molecule has 64 valence electrons. The van der Waals surface area contributed by atoms with Crippen molar-refractivity contribution in [3.63, 3.8) is 0 Å². The third-order valence-electron chi connectivity index (χ3n) is 3.20. The molecule has 0 N–H and O–H groups in total. The zero-order chi connectivity index (χ0) is 8.48. The molecule has 0 spiro atoms. The first-order valence-electron chi connectivity index (χ1n) is 4.56. The molecule has 1 nitrogen and oxygen atoms in total. The first-order valence-corrected chi connectivity index (χ1v) is 4.56. The molecule has 0 heterocycles. The SMILES string of the molecule is CC(C)[C@@]1(C)CCCC(=O)C1. The van der Waals surface area contributed by atoms with Gasteiger partial charge >= 0.3 is 0 Å². The number of rotatable bonds is 1. The molecule has 11 heavy (non-hydrogen) atoms. The Labute approximate surface area is 69.2 Å². The van der Waals surface area contributed by atoms with Crippen LogP contribution < -0.4 is 0 Å². The van der Waals surface area contributed by atoms with Gasteiger partial charge in [0.25, 0.3) is 0 Å². The number of ketones is 1. The van der Waals surface area contributed by atoms with Crippen molar-refractivity contribution in [1.29, 1.82) is 0 Å². The van der Waals surface area contributed by atoms with Gasteiger partial charge in [0.15, 0.2) is 0 Å². The largest absolute Gasteiger partial charge is 0.300 e. The fourth-order valence-electron chi connectivity index (χ4n) is 1.81. The monoisotopic (exact) mass is 154 g/mol. The Morgan fingerprint density at radius 3 is 2.45 bits per heavy atom. The lowest BCUT2D eigenvalue weighted by Gasteiger charge is -2.36. The number of hydrogen-bond donors (Lipinski definition) is 0. The van der Waals surface area contributed by atoms with Gasteiger partial charge in [0.05, 0.1) is 0 Å². The van der Waals surface area contributed by atoms with Crippen LogP contribution in [0, 0.1) is 11.3 Å². The van der Waals surface area contributed by atoms with E-state index >= 15 is 0 Å². The molecule has 0 aromatic heterocycles. The van der Waals surface area contributed by atoms with Crippen LogP contribution in [0.3, 0.4) is 0 Å². The smallest absolute Gasteiger partial charge is 0.133 e. The van der Waals surface area contributed by atoms with Crippen LogP contribution in [0.4, 0.5) is 0 Å². The highest BCUT2D eigenvalue weighted by molar-refractivity contribution is 5.79. The highest BCUT2D eigenvalue weighted by Gasteiger charge is 2.33.